The van der Waals surface area contributed by atoms with Gasteiger partial charge >= 0.3 is 0 Å². The summed E-state index contributed by atoms with van der Waals surface area (Å²) in [5.74, 6) is 0.753. The van der Waals surface area contributed by atoms with Crippen molar-refractivity contribution in [1.82, 2.24) is 4.98 Å². The summed E-state index contributed by atoms with van der Waals surface area (Å²) in [5.41, 5.74) is 6.07. The topological polar surface area (TPSA) is 65.2 Å². The van der Waals surface area contributed by atoms with E-state index in [0.717, 1.165) is 19.3 Å². The van der Waals surface area contributed by atoms with Gasteiger partial charge in [0.2, 0.25) is 0 Å². The number of nitrogens with zero attached hydrogens (tertiary/aromatic N) is 1. The van der Waals surface area contributed by atoms with Gasteiger partial charge in [0, 0.05) is 17.7 Å². The number of hydrogen-bond acceptors (Lipinski definition) is 4. The second-order valence-electron chi connectivity index (χ2n) is 4.45. The van der Waals surface area contributed by atoms with Gasteiger partial charge in [-0.15, -0.1) is 0 Å². The normalized spacial score (nSPS) is 12.2. The van der Waals surface area contributed by atoms with E-state index in [9.17, 15) is 4.79 Å². The first-order valence-corrected chi connectivity index (χ1v) is 6.51. The number of pyridine rings is 1. The van der Waals surface area contributed by atoms with Crippen LogP contribution in [0.25, 0.3) is 0 Å². The third-order valence-corrected chi connectivity index (χ3v) is 2.76. The highest BCUT2D eigenvalue weighted by Gasteiger charge is 2.15. The summed E-state index contributed by atoms with van der Waals surface area (Å²) in [6.07, 6.45) is 5.85. The SMILES string of the molecule is CCCOc1cncc(C(=O)C(C)CCCN)c1. The minimum atomic E-state index is -0.0169. The van der Waals surface area contributed by atoms with Crippen LogP contribution in [0.1, 0.15) is 43.5 Å². The van der Waals surface area contributed by atoms with Gasteiger partial charge in [-0.2, -0.15) is 0 Å². The first kappa shape index (κ1) is 14.6. The van der Waals surface area contributed by atoms with Gasteiger partial charge in [-0.05, 0) is 31.9 Å². The van der Waals surface area contributed by atoms with Crippen LogP contribution in [0, 0.1) is 5.92 Å². The van der Waals surface area contributed by atoms with Crippen LogP contribution in [0.4, 0.5) is 0 Å². The van der Waals surface area contributed by atoms with Crippen LogP contribution in [0.2, 0.25) is 0 Å². The van der Waals surface area contributed by atoms with E-state index >= 15 is 0 Å². The summed E-state index contributed by atoms with van der Waals surface area (Å²) >= 11 is 0. The zero-order valence-corrected chi connectivity index (χ0v) is 11.2. The van der Waals surface area contributed by atoms with Gasteiger partial charge in [0.25, 0.3) is 0 Å². The van der Waals surface area contributed by atoms with Gasteiger partial charge in [-0.3, -0.25) is 9.78 Å². The summed E-state index contributed by atoms with van der Waals surface area (Å²) in [7, 11) is 0. The second-order valence-corrected chi connectivity index (χ2v) is 4.45. The third-order valence-electron chi connectivity index (χ3n) is 2.76. The van der Waals surface area contributed by atoms with Crippen LogP contribution in [-0.4, -0.2) is 23.9 Å². The van der Waals surface area contributed by atoms with Gasteiger partial charge in [0.1, 0.15) is 5.75 Å². The molecular formula is C14H22N2O2. The zero-order chi connectivity index (χ0) is 13.4. The molecule has 0 aliphatic heterocycles. The summed E-state index contributed by atoms with van der Waals surface area (Å²) in [4.78, 5) is 16.2. The van der Waals surface area contributed by atoms with E-state index in [1.807, 2.05) is 13.8 Å². The van der Waals surface area contributed by atoms with Gasteiger partial charge < -0.3 is 10.5 Å². The van der Waals surface area contributed by atoms with E-state index in [1.54, 1.807) is 18.5 Å². The number of hydrogen-bond donors (Lipinski definition) is 1. The minimum absolute atomic E-state index is 0.0169. The molecule has 0 radical (unpaired) electrons. The number of aromatic nitrogens is 1. The van der Waals surface area contributed by atoms with Crippen LogP contribution < -0.4 is 10.5 Å². The van der Waals surface area contributed by atoms with Crippen molar-refractivity contribution in [2.24, 2.45) is 11.7 Å². The van der Waals surface area contributed by atoms with Crippen LogP contribution >= 0.6 is 0 Å². The zero-order valence-electron chi connectivity index (χ0n) is 11.2. The number of nitrogens with two attached hydrogens (primary N) is 1. The monoisotopic (exact) mass is 250 g/mol. The fourth-order valence-electron chi connectivity index (χ4n) is 1.69. The Labute approximate surface area is 109 Å². The smallest absolute Gasteiger partial charge is 0.167 e. The summed E-state index contributed by atoms with van der Waals surface area (Å²) in [6, 6.07) is 1.77. The largest absolute Gasteiger partial charge is 0.492 e. The quantitative estimate of drug-likeness (QED) is 0.720. The maximum atomic E-state index is 12.1. The summed E-state index contributed by atoms with van der Waals surface area (Å²) in [5, 5.41) is 0. The molecule has 2 N–H and O–H groups in total. The Kier molecular flexibility index (Phi) is 6.36. The molecule has 0 aliphatic rings. The van der Waals surface area contributed by atoms with Crippen LogP contribution in [0.3, 0.4) is 0 Å². The molecule has 0 saturated heterocycles. The molecule has 18 heavy (non-hydrogen) atoms. The average Bonchev–Trinajstić information content (AvgIpc) is 2.42. The van der Waals surface area contributed by atoms with Crippen molar-refractivity contribution in [2.45, 2.75) is 33.1 Å². The Morgan fingerprint density at radius 3 is 2.94 bits per heavy atom. The van der Waals surface area contributed by atoms with Gasteiger partial charge in [0.15, 0.2) is 5.78 Å². The molecular weight excluding hydrogens is 228 g/mol. The highest BCUT2D eigenvalue weighted by molar-refractivity contribution is 5.97. The van der Waals surface area contributed by atoms with Crippen molar-refractivity contribution in [3.8, 4) is 5.75 Å². The number of Topliss-reactive ketones (excluding diaryl/α,β-unsaturated/α-hetero) is 1. The van der Waals surface area contributed by atoms with E-state index < -0.39 is 0 Å². The Bertz CT molecular complexity index is 380. The summed E-state index contributed by atoms with van der Waals surface area (Å²) in [6.45, 7) is 5.23. The maximum Gasteiger partial charge on any atom is 0.167 e. The fourth-order valence-corrected chi connectivity index (χ4v) is 1.69. The predicted octanol–water partition coefficient (Wildman–Crippen LogP) is 2.43. The molecule has 0 spiro atoms. The predicted molar refractivity (Wildman–Crippen MR) is 71.8 cm³/mol. The molecule has 0 saturated carbocycles. The lowest BCUT2D eigenvalue weighted by Gasteiger charge is -2.10. The lowest BCUT2D eigenvalue weighted by Crippen LogP contribution is -2.13. The molecule has 1 unspecified atom stereocenters. The molecule has 1 aromatic heterocycles. The standard InChI is InChI=1S/C14H22N2O2/c1-3-7-18-13-8-12(9-16-10-13)14(17)11(2)5-4-6-15/h8-11H,3-7,15H2,1-2H3. The average molecular weight is 250 g/mol. The van der Waals surface area contributed by atoms with Gasteiger partial charge in [0.05, 0.1) is 12.8 Å². The number of carbonyl (C=O) groups is 1. The molecule has 1 aromatic rings. The lowest BCUT2D eigenvalue weighted by atomic mass is 9.96. The molecule has 4 nitrogen and oxygen atoms in total. The van der Waals surface area contributed by atoms with Crippen molar-refractivity contribution in [3.05, 3.63) is 24.0 Å². The Morgan fingerprint density at radius 2 is 2.28 bits per heavy atom. The van der Waals surface area contributed by atoms with Gasteiger partial charge in [-0.1, -0.05) is 13.8 Å². The first-order valence-electron chi connectivity index (χ1n) is 6.51. The Balaban J connectivity index is 2.67. The van der Waals surface area contributed by atoms with Gasteiger partial charge in [-0.25, -0.2) is 0 Å². The highest BCUT2D eigenvalue weighted by atomic mass is 16.5. The van der Waals surface area contributed by atoms with Crippen LogP contribution in [0.5, 0.6) is 5.75 Å². The van der Waals surface area contributed by atoms with E-state index in [-0.39, 0.29) is 11.7 Å². The Morgan fingerprint density at radius 1 is 1.50 bits per heavy atom. The van der Waals surface area contributed by atoms with Crippen molar-refractivity contribution >= 4 is 5.78 Å². The third kappa shape index (κ3) is 4.45. The molecule has 0 bridgehead atoms. The number of rotatable bonds is 8. The fraction of sp³-hybridized carbons (Fsp3) is 0.571. The van der Waals surface area contributed by atoms with Crippen LogP contribution in [0.15, 0.2) is 18.5 Å². The van der Waals surface area contributed by atoms with E-state index in [4.69, 9.17) is 10.5 Å². The van der Waals surface area contributed by atoms with E-state index in [1.165, 1.54) is 0 Å². The number of ketones is 1. The second kappa shape index (κ2) is 7.82. The van der Waals surface area contributed by atoms with Crippen molar-refractivity contribution in [2.75, 3.05) is 13.2 Å². The van der Waals surface area contributed by atoms with E-state index in [0.29, 0.717) is 24.5 Å². The first-order chi connectivity index (χ1) is 8.69. The molecule has 1 rings (SSSR count). The highest BCUT2D eigenvalue weighted by Crippen LogP contribution is 2.17. The number of carbonyl (C=O) groups excluding carboxylic acids is 1. The van der Waals surface area contributed by atoms with Crippen LogP contribution in [-0.2, 0) is 0 Å². The van der Waals surface area contributed by atoms with E-state index in [2.05, 4.69) is 4.98 Å². The molecule has 0 aromatic carbocycles. The molecule has 100 valence electrons. The maximum absolute atomic E-state index is 12.1. The molecule has 4 heteroatoms. The lowest BCUT2D eigenvalue weighted by molar-refractivity contribution is 0.0922. The Hall–Kier alpha value is -1.42. The number of ether oxygens (including phenoxy) is 1. The van der Waals surface area contributed by atoms with Crippen molar-refractivity contribution < 1.29 is 9.53 Å². The van der Waals surface area contributed by atoms with Crippen molar-refractivity contribution in [3.63, 3.8) is 0 Å². The molecule has 1 heterocycles. The molecule has 0 aliphatic carbocycles. The molecule has 0 amide bonds. The molecule has 1 atom stereocenters. The van der Waals surface area contributed by atoms with Crippen molar-refractivity contribution in [1.29, 1.82) is 0 Å². The minimum Gasteiger partial charge on any atom is -0.492 e. The summed E-state index contributed by atoms with van der Waals surface area (Å²) < 4.78 is 5.47. The molecule has 0 fully saturated rings.